The number of benzene rings is 1. The molecule has 1 unspecified atom stereocenters. The minimum absolute atomic E-state index is 0.147. The van der Waals surface area contributed by atoms with Crippen LogP contribution in [0.2, 0.25) is 0 Å². The van der Waals surface area contributed by atoms with E-state index in [0.717, 1.165) is 56.8 Å². The zero-order chi connectivity index (χ0) is 26.6. The van der Waals surface area contributed by atoms with E-state index in [1.54, 1.807) is 21.1 Å². The Balaban J connectivity index is 1.67. The number of rotatable bonds is 8. The number of aryl methyl sites for hydroxylation is 1. The summed E-state index contributed by atoms with van der Waals surface area (Å²) >= 11 is 1.93. The number of thiophene rings is 1. The van der Waals surface area contributed by atoms with Crippen LogP contribution in [0.15, 0.2) is 48.1 Å². The summed E-state index contributed by atoms with van der Waals surface area (Å²) in [7, 11) is 3.42. The Morgan fingerprint density at radius 3 is 2.46 bits per heavy atom. The van der Waals surface area contributed by atoms with Crippen LogP contribution in [0.5, 0.6) is 11.5 Å². The van der Waals surface area contributed by atoms with E-state index in [-0.39, 0.29) is 17.4 Å². The molecule has 1 aromatic carbocycles. The molecule has 37 heavy (non-hydrogen) atoms. The van der Waals surface area contributed by atoms with Crippen LogP contribution in [-0.4, -0.2) is 55.1 Å². The fraction of sp³-hybridized carbons (Fsp3) is 0.516. The Morgan fingerprint density at radius 1 is 1.14 bits per heavy atom. The van der Waals surface area contributed by atoms with Crippen molar-refractivity contribution in [1.82, 2.24) is 9.80 Å². The second-order valence-electron chi connectivity index (χ2n) is 10.2. The van der Waals surface area contributed by atoms with Crippen molar-refractivity contribution >= 4 is 17.2 Å². The molecule has 1 aliphatic heterocycles. The van der Waals surface area contributed by atoms with Crippen LogP contribution in [0.3, 0.4) is 0 Å². The summed E-state index contributed by atoms with van der Waals surface area (Å²) in [5.41, 5.74) is 3.38. The first-order valence-corrected chi connectivity index (χ1v) is 14.4. The van der Waals surface area contributed by atoms with Crippen LogP contribution in [0, 0.1) is 0 Å². The SMILES string of the molecule is CCc1ccc(CN2CCC(C3=C/C(C)c4c(cc(OC)cc4OC)C/C=C\3)(N(CC)C(C)=O)CC2)s1. The van der Waals surface area contributed by atoms with Crippen molar-refractivity contribution in [2.75, 3.05) is 33.9 Å². The highest BCUT2D eigenvalue weighted by Crippen LogP contribution is 2.42. The molecule has 1 amide bonds. The average molecular weight is 523 g/mol. The molecule has 4 rings (SSSR count). The maximum Gasteiger partial charge on any atom is 0.220 e. The summed E-state index contributed by atoms with van der Waals surface area (Å²) < 4.78 is 11.3. The number of piperidine rings is 1. The van der Waals surface area contributed by atoms with Crippen molar-refractivity contribution in [3.63, 3.8) is 0 Å². The van der Waals surface area contributed by atoms with Crippen molar-refractivity contribution in [1.29, 1.82) is 0 Å². The van der Waals surface area contributed by atoms with Crippen molar-refractivity contribution in [2.45, 2.75) is 71.4 Å². The van der Waals surface area contributed by atoms with Crippen LogP contribution >= 0.6 is 11.3 Å². The Hall–Kier alpha value is -2.57. The molecule has 2 heterocycles. The molecule has 0 saturated carbocycles. The van der Waals surface area contributed by atoms with E-state index in [4.69, 9.17) is 9.47 Å². The van der Waals surface area contributed by atoms with Crippen molar-refractivity contribution in [3.8, 4) is 11.5 Å². The lowest BCUT2D eigenvalue weighted by Gasteiger charge is -2.50. The van der Waals surface area contributed by atoms with E-state index in [1.807, 2.05) is 17.4 Å². The van der Waals surface area contributed by atoms with E-state index < -0.39 is 0 Å². The van der Waals surface area contributed by atoms with Gasteiger partial charge in [-0.1, -0.05) is 32.1 Å². The number of fused-ring (bicyclic) bond motifs is 1. The van der Waals surface area contributed by atoms with Gasteiger partial charge in [0.1, 0.15) is 11.5 Å². The minimum atomic E-state index is -0.302. The molecule has 0 radical (unpaired) electrons. The van der Waals surface area contributed by atoms with Crippen LogP contribution in [0.25, 0.3) is 0 Å². The molecule has 6 heteroatoms. The fourth-order valence-electron chi connectivity index (χ4n) is 6.20. The first-order chi connectivity index (χ1) is 17.8. The number of nitrogens with zero attached hydrogens (tertiary/aromatic N) is 2. The Morgan fingerprint density at radius 2 is 1.86 bits per heavy atom. The van der Waals surface area contributed by atoms with Crippen LogP contribution in [-0.2, 0) is 24.2 Å². The molecular formula is C31H42N2O3S. The molecule has 200 valence electrons. The van der Waals surface area contributed by atoms with E-state index in [9.17, 15) is 4.79 Å². The van der Waals surface area contributed by atoms with Gasteiger partial charge in [-0.25, -0.2) is 0 Å². The topological polar surface area (TPSA) is 42.0 Å². The lowest BCUT2D eigenvalue weighted by molar-refractivity contribution is -0.135. The number of likely N-dealkylation sites (tertiary alicyclic amines) is 1. The van der Waals surface area contributed by atoms with Gasteiger partial charge in [0.15, 0.2) is 0 Å². The maximum absolute atomic E-state index is 13.0. The quantitative estimate of drug-likeness (QED) is 0.404. The average Bonchev–Trinajstić information content (AvgIpc) is 3.35. The van der Waals surface area contributed by atoms with Crippen molar-refractivity contribution < 1.29 is 14.3 Å². The van der Waals surface area contributed by atoms with E-state index >= 15 is 0 Å². The summed E-state index contributed by atoms with van der Waals surface area (Å²) in [4.78, 5) is 20.5. The highest BCUT2D eigenvalue weighted by atomic mass is 32.1. The van der Waals surface area contributed by atoms with Crippen LogP contribution in [0.1, 0.15) is 67.3 Å². The standard InChI is InChI=1S/C31H42N2O3S/c1-7-27-12-13-28(37-27)21-32-16-14-31(15-17-32,33(8-2)23(4)34)25-11-9-10-24-19-26(35-5)20-29(36-6)30(24)22(3)18-25/h9,11-13,18-20,22H,7-8,10,14-17,21H2,1-6H3/b11-9-,25-18+. The largest absolute Gasteiger partial charge is 0.497 e. The highest BCUT2D eigenvalue weighted by molar-refractivity contribution is 7.11. The molecule has 1 saturated heterocycles. The Kier molecular flexibility index (Phi) is 8.81. The first kappa shape index (κ1) is 27.5. The Bertz CT molecular complexity index is 1160. The number of hydrogen-bond acceptors (Lipinski definition) is 5. The van der Waals surface area contributed by atoms with E-state index in [1.165, 1.54) is 26.5 Å². The maximum atomic E-state index is 13.0. The molecule has 1 aliphatic carbocycles. The summed E-state index contributed by atoms with van der Waals surface area (Å²) in [6.07, 6.45) is 10.7. The third-order valence-corrected chi connectivity index (χ3v) is 9.27. The van der Waals surface area contributed by atoms with Crippen LogP contribution < -0.4 is 9.47 Å². The molecule has 0 spiro atoms. The van der Waals surface area contributed by atoms with Gasteiger partial charge in [-0.3, -0.25) is 9.69 Å². The number of methoxy groups -OCH3 is 2. The zero-order valence-corrected chi connectivity index (χ0v) is 24.1. The highest BCUT2D eigenvalue weighted by Gasteiger charge is 2.43. The number of allylic oxidation sites excluding steroid dienone is 2. The van der Waals surface area contributed by atoms with E-state index in [2.05, 4.69) is 67.0 Å². The number of carbonyl (C=O) groups is 1. The fourth-order valence-corrected chi connectivity index (χ4v) is 7.20. The normalized spacial score (nSPS) is 21.7. The summed E-state index contributed by atoms with van der Waals surface area (Å²) in [5, 5.41) is 0. The minimum Gasteiger partial charge on any atom is -0.497 e. The monoisotopic (exact) mass is 522 g/mol. The van der Waals surface area contributed by atoms with Gasteiger partial charge < -0.3 is 14.4 Å². The van der Waals surface area contributed by atoms with Gasteiger partial charge in [0, 0.05) is 60.4 Å². The molecule has 1 atom stereocenters. The smallest absolute Gasteiger partial charge is 0.220 e. The lowest BCUT2D eigenvalue weighted by Crippen LogP contribution is -2.57. The van der Waals surface area contributed by atoms with Crippen molar-refractivity contribution in [3.05, 3.63) is 68.9 Å². The first-order valence-electron chi connectivity index (χ1n) is 13.6. The van der Waals surface area contributed by atoms with Gasteiger partial charge in [0.05, 0.1) is 19.8 Å². The zero-order valence-electron chi connectivity index (χ0n) is 23.3. The van der Waals surface area contributed by atoms with E-state index in [0.29, 0.717) is 6.54 Å². The summed E-state index contributed by atoms with van der Waals surface area (Å²) in [5.74, 6) is 1.97. The van der Waals surface area contributed by atoms with Gasteiger partial charge in [-0.05, 0) is 61.9 Å². The van der Waals surface area contributed by atoms with Gasteiger partial charge in [0.25, 0.3) is 0 Å². The van der Waals surface area contributed by atoms with Gasteiger partial charge in [-0.2, -0.15) is 0 Å². The van der Waals surface area contributed by atoms with Gasteiger partial charge in [0.2, 0.25) is 5.91 Å². The molecule has 0 bridgehead atoms. The second kappa shape index (κ2) is 11.9. The summed E-state index contributed by atoms with van der Waals surface area (Å²) in [6.45, 7) is 11.9. The number of hydrogen-bond donors (Lipinski definition) is 0. The number of amides is 1. The second-order valence-corrected chi connectivity index (χ2v) is 11.5. The molecule has 1 fully saturated rings. The van der Waals surface area contributed by atoms with Gasteiger partial charge >= 0.3 is 0 Å². The molecular weight excluding hydrogens is 480 g/mol. The van der Waals surface area contributed by atoms with Crippen molar-refractivity contribution in [2.24, 2.45) is 0 Å². The van der Waals surface area contributed by atoms with Crippen LogP contribution in [0.4, 0.5) is 0 Å². The summed E-state index contributed by atoms with van der Waals surface area (Å²) in [6, 6.07) is 8.63. The molecule has 0 N–H and O–H groups in total. The number of likely N-dealkylation sites (N-methyl/N-ethyl adjacent to an activating group) is 1. The number of ether oxygens (including phenoxy) is 2. The lowest BCUT2D eigenvalue weighted by atomic mass is 9.75. The molecule has 1 aromatic heterocycles. The van der Waals surface area contributed by atoms with Gasteiger partial charge in [-0.15, -0.1) is 11.3 Å². The predicted octanol–water partition coefficient (Wildman–Crippen LogP) is 6.37. The third kappa shape index (κ3) is 5.65. The Labute approximate surface area is 226 Å². The molecule has 2 aromatic rings. The molecule has 5 nitrogen and oxygen atoms in total. The predicted molar refractivity (Wildman–Crippen MR) is 153 cm³/mol. The molecule has 2 aliphatic rings. The number of carbonyl (C=O) groups excluding carboxylic acids is 1. The third-order valence-electron chi connectivity index (χ3n) is 8.06.